The van der Waals surface area contributed by atoms with Gasteiger partial charge in [-0.3, -0.25) is 0 Å². The molecule has 3 aromatic carbocycles. The minimum absolute atomic E-state index is 0.0727. The number of aromatic hydroxyl groups is 3. The van der Waals surface area contributed by atoms with Crippen LogP contribution in [0.5, 0.6) is 34.5 Å². The molecule has 0 amide bonds. The standard InChI is InChI=1S/C48H57N3O12/c1-7-40(52)61-28-16-10-13-25-58-37-22-19-34(43(55)31(37)4)46-49-47(35-20-23-38(32(5)44(35)56)59-26-14-11-17-29-62-41(53)8-2)51-48(50-46)36-21-24-39(33(6)45(36)57)60-27-15-12-18-30-63-42(54)9-3/h7-9,19-24,55-57H,1-3,10-18,25-30H2,4-6H3. The lowest BCUT2D eigenvalue weighted by molar-refractivity contribution is -0.138. The first-order valence-electron chi connectivity index (χ1n) is 20.9. The van der Waals surface area contributed by atoms with Crippen LogP contribution in [-0.4, -0.2) is 87.8 Å². The zero-order valence-electron chi connectivity index (χ0n) is 36.3. The van der Waals surface area contributed by atoms with Crippen molar-refractivity contribution in [1.82, 2.24) is 15.0 Å². The third-order valence-electron chi connectivity index (χ3n) is 9.87. The smallest absolute Gasteiger partial charge is 0.330 e. The lowest BCUT2D eigenvalue weighted by atomic mass is 10.1. The van der Waals surface area contributed by atoms with E-state index in [1.165, 1.54) is 0 Å². The summed E-state index contributed by atoms with van der Waals surface area (Å²) in [7, 11) is 0. The zero-order valence-corrected chi connectivity index (χ0v) is 36.3. The number of aromatic nitrogens is 3. The van der Waals surface area contributed by atoms with Crippen molar-refractivity contribution in [3.63, 3.8) is 0 Å². The summed E-state index contributed by atoms with van der Waals surface area (Å²) in [6, 6.07) is 10.0. The van der Waals surface area contributed by atoms with Gasteiger partial charge >= 0.3 is 17.9 Å². The highest BCUT2D eigenvalue weighted by Crippen LogP contribution is 2.42. The average molecular weight is 868 g/mol. The lowest BCUT2D eigenvalue weighted by Crippen LogP contribution is -2.05. The lowest BCUT2D eigenvalue weighted by Gasteiger charge is -2.16. The van der Waals surface area contributed by atoms with Crippen molar-refractivity contribution in [2.45, 2.75) is 78.6 Å². The SMILES string of the molecule is C=CC(=O)OCCCCCOc1ccc(-c2nc(-c3ccc(OCCCCCOC(=O)C=C)c(C)c3O)nc(-c3ccc(OCCCCCOC(=O)C=C)c(C)c3O)n2)c(O)c1C. The first kappa shape index (κ1) is 48.8. The molecule has 0 saturated carbocycles. The maximum atomic E-state index is 11.5. The number of phenols is 3. The summed E-state index contributed by atoms with van der Waals surface area (Å²) in [5, 5.41) is 34.6. The molecule has 0 spiro atoms. The predicted octanol–water partition coefficient (Wildman–Crippen LogP) is 8.75. The van der Waals surface area contributed by atoms with Gasteiger partial charge in [0.15, 0.2) is 17.5 Å². The number of carbonyl (C=O) groups excluding carboxylic acids is 3. The van der Waals surface area contributed by atoms with Gasteiger partial charge in [0, 0.05) is 34.9 Å². The quantitative estimate of drug-likeness (QED) is 0.0222. The van der Waals surface area contributed by atoms with Gasteiger partial charge in [-0.25, -0.2) is 29.3 Å². The van der Waals surface area contributed by atoms with Crippen molar-refractivity contribution in [1.29, 1.82) is 0 Å². The molecule has 0 bridgehead atoms. The molecule has 0 radical (unpaired) electrons. The molecule has 0 aliphatic rings. The normalized spacial score (nSPS) is 10.7. The number of unbranched alkanes of at least 4 members (excludes halogenated alkanes) is 6. The van der Waals surface area contributed by atoms with Crippen LogP contribution in [0.1, 0.15) is 74.5 Å². The number of rotatable bonds is 27. The van der Waals surface area contributed by atoms with Crippen molar-refractivity contribution >= 4 is 17.9 Å². The molecule has 3 N–H and O–H groups in total. The van der Waals surface area contributed by atoms with Gasteiger partial charge < -0.3 is 43.7 Å². The number of carbonyl (C=O) groups is 3. The molecule has 0 fully saturated rings. The minimum atomic E-state index is -0.461. The van der Waals surface area contributed by atoms with Gasteiger partial charge in [-0.15, -0.1) is 0 Å². The third-order valence-corrected chi connectivity index (χ3v) is 9.87. The van der Waals surface area contributed by atoms with Crippen LogP contribution in [0.4, 0.5) is 0 Å². The van der Waals surface area contributed by atoms with Crippen LogP contribution >= 0.6 is 0 Å². The van der Waals surface area contributed by atoms with Crippen LogP contribution in [0.3, 0.4) is 0 Å². The highest BCUT2D eigenvalue weighted by atomic mass is 16.5. The van der Waals surface area contributed by atoms with Crippen LogP contribution in [0, 0.1) is 20.8 Å². The summed E-state index contributed by atoms with van der Waals surface area (Å²) in [4.78, 5) is 47.9. The topological polar surface area (TPSA) is 206 Å². The number of hydrogen-bond acceptors (Lipinski definition) is 15. The molecular formula is C48H57N3O12. The largest absolute Gasteiger partial charge is 0.507 e. The van der Waals surface area contributed by atoms with Crippen molar-refractivity contribution < 1.29 is 58.1 Å². The van der Waals surface area contributed by atoms with Crippen LogP contribution in [-0.2, 0) is 28.6 Å². The van der Waals surface area contributed by atoms with E-state index in [-0.39, 0.29) is 71.2 Å². The Bertz CT molecular complexity index is 1980. The maximum absolute atomic E-state index is 11.5. The van der Waals surface area contributed by atoms with Gasteiger partial charge in [-0.05, 0) is 115 Å². The van der Waals surface area contributed by atoms with E-state index < -0.39 is 17.9 Å². The highest BCUT2D eigenvalue weighted by Gasteiger charge is 2.23. The number of benzene rings is 3. The Balaban J connectivity index is 1.59. The Labute approximate surface area is 368 Å². The van der Waals surface area contributed by atoms with Crippen molar-refractivity contribution in [3.05, 3.63) is 91.1 Å². The number of hydrogen-bond donors (Lipinski definition) is 3. The molecule has 0 unspecified atom stereocenters. The Kier molecular flexibility index (Phi) is 19.5. The van der Waals surface area contributed by atoms with Gasteiger partial charge in [-0.2, -0.15) is 0 Å². The van der Waals surface area contributed by atoms with E-state index >= 15 is 0 Å². The molecule has 0 aliphatic carbocycles. The van der Waals surface area contributed by atoms with Crippen molar-refractivity contribution in [2.24, 2.45) is 0 Å². The monoisotopic (exact) mass is 867 g/mol. The third kappa shape index (κ3) is 14.3. The fraction of sp³-hybridized carbons (Fsp3) is 0.375. The fourth-order valence-corrected chi connectivity index (χ4v) is 6.18. The van der Waals surface area contributed by atoms with Gasteiger partial charge in [0.1, 0.15) is 34.5 Å². The van der Waals surface area contributed by atoms with E-state index in [1.807, 2.05) is 0 Å². The Morgan fingerprint density at radius 3 is 0.952 bits per heavy atom. The molecule has 63 heavy (non-hydrogen) atoms. The molecule has 15 heteroatoms. The molecule has 1 aromatic heterocycles. The van der Waals surface area contributed by atoms with E-state index in [0.717, 1.165) is 37.5 Å². The van der Waals surface area contributed by atoms with Crippen molar-refractivity contribution in [2.75, 3.05) is 39.6 Å². The fourth-order valence-electron chi connectivity index (χ4n) is 6.18. The number of phenolic OH excluding ortho intramolecular Hbond substituents is 3. The Hall–Kier alpha value is -6.90. The van der Waals surface area contributed by atoms with E-state index in [9.17, 15) is 29.7 Å². The van der Waals surface area contributed by atoms with E-state index in [2.05, 4.69) is 19.7 Å². The summed E-state index contributed by atoms with van der Waals surface area (Å²) in [5.41, 5.74) is 2.14. The highest BCUT2D eigenvalue weighted by molar-refractivity contribution is 5.82. The average Bonchev–Trinajstić information content (AvgIpc) is 3.28. The molecule has 0 aliphatic heterocycles. The maximum Gasteiger partial charge on any atom is 0.330 e. The molecule has 15 nitrogen and oxygen atoms in total. The van der Waals surface area contributed by atoms with Gasteiger partial charge in [0.05, 0.1) is 56.3 Å². The molecule has 0 atom stereocenters. The van der Waals surface area contributed by atoms with E-state index in [1.54, 1.807) is 57.2 Å². The predicted molar refractivity (Wildman–Crippen MR) is 237 cm³/mol. The second-order valence-corrected chi connectivity index (χ2v) is 14.4. The molecule has 1 heterocycles. The van der Waals surface area contributed by atoms with Gasteiger partial charge in [0.25, 0.3) is 0 Å². The molecule has 0 saturated heterocycles. The van der Waals surface area contributed by atoms with Crippen LogP contribution < -0.4 is 14.2 Å². The second kappa shape index (κ2) is 25.1. The van der Waals surface area contributed by atoms with Crippen LogP contribution in [0.15, 0.2) is 74.4 Å². The number of esters is 3. The van der Waals surface area contributed by atoms with Crippen LogP contribution in [0.25, 0.3) is 34.2 Å². The summed E-state index contributed by atoms with van der Waals surface area (Å²) in [6.45, 7) is 17.3. The van der Waals surface area contributed by atoms with Gasteiger partial charge in [0.2, 0.25) is 0 Å². The number of ether oxygens (including phenoxy) is 6. The first-order chi connectivity index (χ1) is 30.4. The van der Waals surface area contributed by atoms with Crippen LogP contribution in [0.2, 0.25) is 0 Å². The minimum Gasteiger partial charge on any atom is -0.507 e. The molecule has 4 aromatic rings. The van der Waals surface area contributed by atoms with Crippen molar-refractivity contribution in [3.8, 4) is 68.7 Å². The Morgan fingerprint density at radius 1 is 0.444 bits per heavy atom. The summed E-state index contributed by atoms with van der Waals surface area (Å²) < 4.78 is 33.0. The first-order valence-corrected chi connectivity index (χ1v) is 20.9. The second-order valence-electron chi connectivity index (χ2n) is 14.4. The summed E-state index contributed by atoms with van der Waals surface area (Å²) in [5.74, 6) is -0.161. The van der Waals surface area contributed by atoms with E-state index in [4.69, 9.17) is 43.4 Å². The molecule has 336 valence electrons. The molecular weight excluding hydrogens is 811 g/mol. The Morgan fingerprint density at radius 2 is 0.698 bits per heavy atom. The summed E-state index contributed by atoms with van der Waals surface area (Å²) in [6.07, 6.45) is 9.73. The number of nitrogens with zero attached hydrogens (tertiary/aromatic N) is 3. The van der Waals surface area contributed by atoms with Gasteiger partial charge in [-0.1, -0.05) is 19.7 Å². The summed E-state index contributed by atoms with van der Waals surface area (Å²) >= 11 is 0. The molecule has 4 rings (SSSR count). The zero-order chi connectivity index (χ0) is 45.7. The van der Waals surface area contributed by atoms with E-state index in [0.29, 0.717) is 92.3 Å².